The molecule has 208 valence electrons. The Kier molecular flexibility index (Phi) is 9.42. The van der Waals surface area contributed by atoms with Crippen molar-refractivity contribution in [2.45, 2.75) is 19.4 Å². The lowest BCUT2D eigenvalue weighted by Crippen LogP contribution is -2.56. The molecule has 8 nitrogen and oxygen atoms in total. The monoisotopic (exact) mass is 571 g/mol. The fourth-order valence-electron chi connectivity index (χ4n) is 5.41. The Morgan fingerprint density at radius 3 is 2.64 bits per heavy atom. The van der Waals surface area contributed by atoms with Gasteiger partial charge in [0, 0.05) is 84.6 Å². The summed E-state index contributed by atoms with van der Waals surface area (Å²) in [7, 11) is 0. The van der Waals surface area contributed by atoms with Crippen LogP contribution in [-0.2, 0) is 16.0 Å². The van der Waals surface area contributed by atoms with Gasteiger partial charge in [-0.05, 0) is 43.2 Å². The maximum atomic E-state index is 13.7. The number of hydrogen-bond acceptors (Lipinski definition) is 6. The molecular formula is C29H35Cl2N5O3. The van der Waals surface area contributed by atoms with Crippen molar-refractivity contribution in [2.75, 3.05) is 65.6 Å². The molecule has 1 N–H and O–H groups in total. The van der Waals surface area contributed by atoms with E-state index in [1.807, 2.05) is 24.0 Å². The lowest BCUT2D eigenvalue weighted by Gasteiger charge is -2.41. The maximum Gasteiger partial charge on any atom is 0.254 e. The van der Waals surface area contributed by atoms with Crippen molar-refractivity contribution in [3.8, 4) is 0 Å². The highest BCUT2D eigenvalue weighted by Crippen LogP contribution is 2.25. The third kappa shape index (κ3) is 7.32. The van der Waals surface area contributed by atoms with Crippen LogP contribution in [0.15, 0.2) is 53.8 Å². The minimum absolute atomic E-state index is 0.0294. The summed E-state index contributed by atoms with van der Waals surface area (Å²) >= 11 is 12.5. The van der Waals surface area contributed by atoms with Crippen LogP contribution in [-0.4, -0.2) is 103 Å². The van der Waals surface area contributed by atoms with Crippen LogP contribution in [0.3, 0.4) is 0 Å². The number of aromatic nitrogens is 1. The van der Waals surface area contributed by atoms with Gasteiger partial charge in [-0.25, -0.2) is 0 Å². The quantitative estimate of drug-likeness (QED) is 0.231. The highest BCUT2D eigenvalue weighted by atomic mass is 35.5. The molecule has 2 fully saturated rings. The number of rotatable bonds is 9. The lowest BCUT2D eigenvalue weighted by molar-refractivity contribution is 0.0209. The summed E-state index contributed by atoms with van der Waals surface area (Å²) in [4.78, 5) is 29.3. The van der Waals surface area contributed by atoms with Crippen molar-refractivity contribution < 1.29 is 14.4 Å². The van der Waals surface area contributed by atoms with E-state index >= 15 is 0 Å². The Labute approximate surface area is 239 Å². The number of amides is 1. The standard InChI is InChI=1S/C29H35Cl2N5O3/c1-21(33-39-13-10-34-8-11-38-12-9-34)19-35-6-7-36(29(37)22-14-24(30)17-25(31)15-22)26(20-35)16-23-18-32-28-5-3-2-4-27(23)28/h2-5,14-15,17-18,26,32H,6-13,16,19-20H2,1H3/t26-/m1/s1. The second-order valence-corrected chi connectivity index (χ2v) is 11.1. The highest BCUT2D eigenvalue weighted by molar-refractivity contribution is 6.35. The first-order chi connectivity index (χ1) is 19.0. The first-order valence-electron chi connectivity index (χ1n) is 13.5. The molecule has 2 saturated heterocycles. The molecule has 10 heteroatoms. The van der Waals surface area contributed by atoms with Gasteiger partial charge in [-0.3, -0.25) is 14.6 Å². The first kappa shape index (κ1) is 27.9. The van der Waals surface area contributed by atoms with Crippen LogP contribution in [0.2, 0.25) is 10.0 Å². The number of nitrogens with zero attached hydrogens (tertiary/aromatic N) is 4. The van der Waals surface area contributed by atoms with Crippen LogP contribution in [0.1, 0.15) is 22.8 Å². The van der Waals surface area contributed by atoms with Gasteiger partial charge in [-0.1, -0.05) is 46.6 Å². The number of morpholine rings is 1. The Morgan fingerprint density at radius 2 is 1.85 bits per heavy atom. The van der Waals surface area contributed by atoms with Crippen molar-refractivity contribution in [3.63, 3.8) is 0 Å². The number of carbonyl (C=O) groups excluding carboxylic acids is 1. The fourth-order valence-corrected chi connectivity index (χ4v) is 5.93. The number of H-pyrrole nitrogens is 1. The van der Waals surface area contributed by atoms with E-state index in [1.165, 1.54) is 10.9 Å². The molecule has 1 amide bonds. The zero-order valence-corrected chi connectivity index (χ0v) is 23.8. The molecule has 1 atom stereocenters. The highest BCUT2D eigenvalue weighted by Gasteiger charge is 2.32. The van der Waals surface area contributed by atoms with Crippen molar-refractivity contribution in [1.82, 2.24) is 19.7 Å². The molecule has 2 aliphatic heterocycles. The zero-order chi connectivity index (χ0) is 27.2. The normalized spacial score (nSPS) is 19.5. The topological polar surface area (TPSA) is 73.4 Å². The average molecular weight is 573 g/mol. The molecule has 5 rings (SSSR count). The van der Waals surface area contributed by atoms with Crippen molar-refractivity contribution in [2.24, 2.45) is 5.16 Å². The SMILES string of the molecule is CC(CN1CCN(C(=O)c2cc(Cl)cc(Cl)c2)[C@H](Cc2c[nH]c3ccccc23)C1)=NOCCN1CCOCC1. The third-order valence-electron chi connectivity index (χ3n) is 7.34. The van der Waals surface area contributed by atoms with Crippen LogP contribution < -0.4 is 0 Å². The number of piperazine rings is 1. The predicted octanol–water partition coefficient (Wildman–Crippen LogP) is 4.57. The van der Waals surface area contributed by atoms with Crippen molar-refractivity contribution in [3.05, 3.63) is 69.8 Å². The van der Waals surface area contributed by atoms with Gasteiger partial charge in [0.25, 0.3) is 5.91 Å². The number of aromatic amines is 1. The van der Waals surface area contributed by atoms with Gasteiger partial charge >= 0.3 is 0 Å². The Hall–Kier alpha value is -2.62. The van der Waals surface area contributed by atoms with Gasteiger partial charge in [-0.15, -0.1) is 0 Å². The third-order valence-corrected chi connectivity index (χ3v) is 7.78. The van der Waals surface area contributed by atoms with E-state index in [0.717, 1.165) is 63.6 Å². The molecule has 3 aromatic rings. The van der Waals surface area contributed by atoms with E-state index in [0.29, 0.717) is 35.3 Å². The minimum Gasteiger partial charge on any atom is -0.394 e. The van der Waals surface area contributed by atoms with E-state index in [2.05, 4.69) is 38.3 Å². The summed E-state index contributed by atoms with van der Waals surface area (Å²) in [5, 5.41) is 6.46. The van der Waals surface area contributed by atoms with E-state index in [4.69, 9.17) is 32.8 Å². The van der Waals surface area contributed by atoms with Gasteiger partial charge in [0.2, 0.25) is 0 Å². The molecule has 1 aromatic heterocycles. The van der Waals surface area contributed by atoms with Crippen molar-refractivity contribution >= 4 is 45.7 Å². The van der Waals surface area contributed by atoms with E-state index in [1.54, 1.807) is 18.2 Å². The minimum atomic E-state index is -0.0549. The molecule has 0 unspecified atom stereocenters. The Balaban J connectivity index is 1.26. The molecule has 2 aliphatic rings. The number of halogens is 2. The molecule has 0 bridgehead atoms. The maximum absolute atomic E-state index is 13.7. The lowest BCUT2D eigenvalue weighted by atomic mass is 10.00. The number of benzene rings is 2. The molecular weight excluding hydrogens is 537 g/mol. The molecule has 0 spiro atoms. The molecule has 3 heterocycles. The van der Waals surface area contributed by atoms with Gasteiger partial charge in [-0.2, -0.15) is 0 Å². The Bertz CT molecular complexity index is 1290. The van der Waals surface area contributed by atoms with Gasteiger partial charge in [0.15, 0.2) is 0 Å². The number of carbonyl (C=O) groups is 1. The summed E-state index contributed by atoms with van der Waals surface area (Å²) < 4.78 is 5.40. The summed E-state index contributed by atoms with van der Waals surface area (Å²) in [5.74, 6) is -0.0549. The molecule has 0 aliphatic carbocycles. The first-order valence-corrected chi connectivity index (χ1v) is 14.2. The van der Waals surface area contributed by atoms with E-state index < -0.39 is 0 Å². The number of hydrogen-bond donors (Lipinski definition) is 1. The second-order valence-electron chi connectivity index (χ2n) is 10.2. The second kappa shape index (κ2) is 13.2. The average Bonchev–Trinajstić information content (AvgIpc) is 3.34. The van der Waals surface area contributed by atoms with Crippen LogP contribution in [0.4, 0.5) is 0 Å². The number of ether oxygens (including phenoxy) is 1. The number of nitrogens with one attached hydrogen (secondary N) is 1. The summed E-state index contributed by atoms with van der Waals surface area (Å²) in [6.45, 7) is 9.59. The van der Waals surface area contributed by atoms with E-state index in [-0.39, 0.29) is 11.9 Å². The largest absolute Gasteiger partial charge is 0.394 e. The summed E-state index contributed by atoms with van der Waals surface area (Å²) in [5.41, 5.74) is 3.72. The van der Waals surface area contributed by atoms with Crippen LogP contribution in [0.25, 0.3) is 10.9 Å². The predicted molar refractivity (Wildman–Crippen MR) is 156 cm³/mol. The van der Waals surface area contributed by atoms with Crippen LogP contribution >= 0.6 is 23.2 Å². The number of fused-ring (bicyclic) bond motifs is 1. The van der Waals surface area contributed by atoms with Gasteiger partial charge < -0.3 is 19.5 Å². The molecule has 0 saturated carbocycles. The fraction of sp³-hybridized carbons (Fsp3) is 0.448. The molecule has 0 radical (unpaired) electrons. The van der Waals surface area contributed by atoms with Crippen LogP contribution in [0, 0.1) is 0 Å². The van der Waals surface area contributed by atoms with Crippen molar-refractivity contribution in [1.29, 1.82) is 0 Å². The van der Waals surface area contributed by atoms with E-state index in [9.17, 15) is 4.79 Å². The van der Waals surface area contributed by atoms with Crippen LogP contribution in [0.5, 0.6) is 0 Å². The van der Waals surface area contributed by atoms with Gasteiger partial charge in [0.05, 0.1) is 18.9 Å². The summed E-state index contributed by atoms with van der Waals surface area (Å²) in [6, 6.07) is 13.3. The molecule has 2 aromatic carbocycles. The van der Waals surface area contributed by atoms with Gasteiger partial charge in [0.1, 0.15) is 6.61 Å². The summed E-state index contributed by atoms with van der Waals surface area (Å²) in [6.07, 6.45) is 2.78. The Morgan fingerprint density at radius 1 is 1.08 bits per heavy atom. The zero-order valence-electron chi connectivity index (χ0n) is 22.2. The number of oxime groups is 1. The molecule has 39 heavy (non-hydrogen) atoms. The smallest absolute Gasteiger partial charge is 0.254 e. The number of para-hydroxylation sites is 1.